The molecule has 0 radical (unpaired) electrons. The minimum atomic E-state index is -0.378. The molecule has 0 aliphatic carbocycles. The first-order valence-electron chi connectivity index (χ1n) is 8.59. The lowest BCUT2D eigenvalue weighted by Crippen LogP contribution is -2.13. The van der Waals surface area contributed by atoms with Crippen LogP contribution in [-0.2, 0) is 13.0 Å². The third-order valence-corrected chi connectivity index (χ3v) is 4.19. The summed E-state index contributed by atoms with van der Waals surface area (Å²) in [5, 5.41) is 17.2. The summed E-state index contributed by atoms with van der Waals surface area (Å²) in [6.07, 6.45) is 6.18. The predicted octanol–water partition coefficient (Wildman–Crippen LogP) is 3.60. The third kappa shape index (κ3) is 4.27. The first-order chi connectivity index (χ1) is 12.5. The minimum Gasteiger partial charge on any atom is -0.507 e. The first kappa shape index (κ1) is 17.7. The summed E-state index contributed by atoms with van der Waals surface area (Å²) < 4.78 is 1.78. The lowest BCUT2D eigenvalue weighted by atomic mass is 10.0. The van der Waals surface area contributed by atoms with Crippen LogP contribution >= 0.6 is 0 Å². The Morgan fingerprint density at radius 1 is 1.19 bits per heavy atom. The molecule has 0 saturated heterocycles. The van der Waals surface area contributed by atoms with Crippen molar-refractivity contribution in [3.63, 3.8) is 0 Å². The monoisotopic (exact) mass is 350 g/mol. The quantitative estimate of drug-likeness (QED) is 0.712. The van der Waals surface area contributed by atoms with E-state index in [0.717, 1.165) is 12.0 Å². The number of nitrogens with zero attached hydrogens (tertiary/aromatic N) is 3. The van der Waals surface area contributed by atoms with Crippen molar-refractivity contribution in [1.82, 2.24) is 14.8 Å². The fourth-order valence-corrected chi connectivity index (χ4v) is 2.63. The highest BCUT2D eigenvalue weighted by Gasteiger charge is 2.14. The molecule has 134 valence electrons. The topological polar surface area (TPSA) is 80.0 Å². The van der Waals surface area contributed by atoms with Crippen LogP contribution in [0.5, 0.6) is 5.75 Å². The van der Waals surface area contributed by atoms with Crippen molar-refractivity contribution in [3.8, 4) is 5.75 Å². The maximum atomic E-state index is 12.4. The molecule has 2 N–H and O–H groups in total. The Balaban J connectivity index is 1.62. The van der Waals surface area contributed by atoms with Crippen molar-refractivity contribution in [3.05, 3.63) is 71.7 Å². The van der Waals surface area contributed by atoms with Crippen LogP contribution in [0, 0.1) is 0 Å². The molecule has 0 aliphatic rings. The van der Waals surface area contributed by atoms with Gasteiger partial charge in [0.1, 0.15) is 5.75 Å². The van der Waals surface area contributed by atoms with Crippen LogP contribution in [0.2, 0.25) is 0 Å². The van der Waals surface area contributed by atoms with Crippen molar-refractivity contribution in [2.45, 2.75) is 32.7 Å². The highest BCUT2D eigenvalue weighted by molar-refractivity contribution is 6.05. The van der Waals surface area contributed by atoms with Crippen molar-refractivity contribution in [1.29, 1.82) is 0 Å². The van der Waals surface area contributed by atoms with E-state index in [9.17, 15) is 9.90 Å². The van der Waals surface area contributed by atoms with Gasteiger partial charge in [0, 0.05) is 31.2 Å². The van der Waals surface area contributed by atoms with E-state index in [4.69, 9.17) is 0 Å². The van der Waals surface area contributed by atoms with Gasteiger partial charge in [-0.1, -0.05) is 19.9 Å². The molecule has 6 nitrogen and oxygen atoms in total. The Morgan fingerprint density at radius 3 is 2.65 bits per heavy atom. The molecule has 1 amide bonds. The third-order valence-electron chi connectivity index (χ3n) is 4.19. The molecular formula is C20H22N4O2. The van der Waals surface area contributed by atoms with Gasteiger partial charge in [0.2, 0.25) is 0 Å². The van der Waals surface area contributed by atoms with Crippen molar-refractivity contribution >= 4 is 11.7 Å². The maximum Gasteiger partial charge on any atom is 0.260 e. The fourth-order valence-electron chi connectivity index (χ4n) is 2.63. The molecule has 1 aromatic carbocycles. The number of phenols is 1. The number of pyridine rings is 1. The highest BCUT2D eigenvalue weighted by Crippen LogP contribution is 2.24. The van der Waals surface area contributed by atoms with Gasteiger partial charge in [-0.3, -0.25) is 14.5 Å². The number of phenolic OH excluding ortho intramolecular Hbond substituents is 1. The number of hydrogen-bond donors (Lipinski definition) is 2. The Bertz CT molecular complexity index is 888. The van der Waals surface area contributed by atoms with E-state index in [0.29, 0.717) is 12.4 Å². The van der Waals surface area contributed by atoms with E-state index >= 15 is 0 Å². The van der Waals surface area contributed by atoms with Crippen LogP contribution < -0.4 is 5.32 Å². The van der Waals surface area contributed by atoms with Crippen LogP contribution in [0.15, 0.2) is 55.0 Å². The SMILES string of the molecule is CC(C)c1ccc(C(=O)Nc2ccn(CCc3ccncc3)n2)c(O)c1. The Kier molecular flexibility index (Phi) is 5.31. The molecule has 0 bridgehead atoms. The number of carbonyl (C=O) groups is 1. The summed E-state index contributed by atoms with van der Waals surface area (Å²) in [6, 6.07) is 10.8. The summed E-state index contributed by atoms with van der Waals surface area (Å²) in [4.78, 5) is 16.4. The second-order valence-corrected chi connectivity index (χ2v) is 6.45. The smallest absolute Gasteiger partial charge is 0.260 e. The summed E-state index contributed by atoms with van der Waals surface area (Å²) >= 11 is 0. The number of rotatable bonds is 6. The number of aromatic hydroxyl groups is 1. The number of nitrogens with one attached hydrogen (secondary N) is 1. The van der Waals surface area contributed by atoms with Crippen LogP contribution in [0.1, 0.15) is 41.3 Å². The van der Waals surface area contributed by atoms with E-state index in [-0.39, 0.29) is 23.1 Å². The zero-order chi connectivity index (χ0) is 18.5. The summed E-state index contributed by atoms with van der Waals surface area (Å²) in [7, 11) is 0. The minimum absolute atomic E-state index is 0.0224. The van der Waals surface area contributed by atoms with Crippen molar-refractivity contribution in [2.75, 3.05) is 5.32 Å². The summed E-state index contributed by atoms with van der Waals surface area (Å²) in [5.74, 6) is 0.342. The van der Waals surface area contributed by atoms with E-state index in [2.05, 4.69) is 15.4 Å². The Labute approximate surface area is 152 Å². The second-order valence-electron chi connectivity index (χ2n) is 6.45. The normalized spacial score (nSPS) is 10.9. The maximum absolute atomic E-state index is 12.4. The van der Waals surface area contributed by atoms with Gasteiger partial charge in [0.15, 0.2) is 5.82 Å². The van der Waals surface area contributed by atoms with E-state index in [1.165, 1.54) is 5.56 Å². The summed E-state index contributed by atoms with van der Waals surface area (Å²) in [5.41, 5.74) is 2.40. The molecule has 2 aromatic heterocycles. The van der Waals surface area contributed by atoms with Gasteiger partial charge < -0.3 is 10.4 Å². The zero-order valence-electron chi connectivity index (χ0n) is 14.9. The molecule has 0 aliphatic heterocycles. The first-order valence-corrected chi connectivity index (χ1v) is 8.59. The number of carbonyl (C=O) groups excluding carboxylic acids is 1. The molecule has 0 unspecified atom stereocenters. The highest BCUT2D eigenvalue weighted by atomic mass is 16.3. The molecule has 0 fully saturated rings. The lowest BCUT2D eigenvalue weighted by Gasteiger charge is -2.09. The summed E-state index contributed by atoms with van der Waals surface area (Å²) in [6.45, 7) is 4.77. The molecule has 6 heteroatoms. The van der Waals surface area contributed by atoms with Crippen LogP contribution in [0.25, 0.3) is 0 Å². The van der Waals surface area contributed by atoms with Crippen LogP contribution in [-0.4, -0.2) is 25.8 Å². The number of anilines is 1. The predicted molar refractivity (Wildman–Crippen MR) is 100 cm³/mol. The number of aryl methyl sites for hydroxylation is 2. The zero-order valence-corrected chi connectivity index (χ0v) is 14.9. The molecule has 26 heavy (non-hydrogen) atoms. The number of hydrogen-bond acceptors (Lipinski definition) is 4. The van der Waals surface area contributed by atoms with Crippen molar-refractivity contribution in [2.24, 2.45) is 0 Å². The van der Waals surface area contributed by atoms with E-state index < -0.39 is 0 Å². The number of amides is 1. The fraction of sp³-hybridized carbons (Fsp3) is 0.250. The number of aromatic nitrogens is 3. The molecule has 0 atom stereocenters. The van der Waals surface area contributed by atoms with Gasteiger partial charge in [0.05, 0.1) is 5.56 Å². The molecule has 2 heterocycles. The van der Waals surface area contributed by atoms with Gasteiger partial charge in [-0.2, -0.15) is 5.10 Å². The largest absolute Gasteiger partial charge is 0.507 e. The van der Waals surface area contributed by atoms with Gasteiger partial charge in [-0.05, 0) is 47.7 Å². The van der Waals surface area contributed by atoms with Gasteiger partial charge in [-0.15, -0.1) is 0 Å². The van der Waals surface area contributed by atoms with Crippen LogP contribution in [0.4, 0.5) is 5.82 Å². The number of benzene rings is 1. The average molecular weight is 350 g/mol. The van der Waals surface area contributed by atoms with Gasteiger partial charge >= 0.3 is 0 Å². The van der Waals surface area contributed by atoms with Gasteiger partial charge in [-0.25, -0.2) is 0 Å². The van der Waals surface area contributed by atoms with E-state index in [1.54, 1.807) is 35.3 Å². The molecule has 3 aromatic rings. The average Bonchev–Trinajstić information content (AvgIpc) is 3.08. The molecular weight excluding hydrogens is 328 g/mol. The Hall–Kier alpha value is -3.15. The van der Waals surface area contributed by atoms with E-state index in [1.807, 2.05) is 38.2 Å². The molecule has 0 saturated carbocycles. The standard InChI is InChI=1S/C20H22N4O2/c1-14(2)16-3-4-17(18(25)13-16)20(26)22-19-8-12-24(23-19)11-7-15-5-9-21-10-6-15/h3-6,8-10,12-14,25H,7,11H2,1-2H3,(H,22,23,26). The Morgan fingerprint density at radius 2 is 1.96 bits per heavy atom. The molecule has 0 spiro atoms. The molecule has 3 rings (SSSR count). The van der Waals surface area contributed by atoms with Gasteiger partial charge in [0.25, 0.3) is 5.91 Å². The lowest BCUT2D eigenvalue weighted by molar-refractivity contribution is 0.102. The van der Waals surface area contributed by atoms with Crippen molar-refractivity contribution < 1.29 is 9.90 Å². The second kappa shape index (κ2) is 7.82. The van der Waals surface area contributed by atoms with Crippen LogP contribution in [0.3, 0.4) is 0 Å².